The van der Waals surface area contributed by atoms with E-state index in [0.29, 0.717) is 5.02 Å². The van der Waals surface area contributed by atoms with Gasteiger partial charge in [0.15, 0.2) is 0 Å². The number of halogens is 1. The Hall–Kier alpha value is -0.730. The highest BCUT2D eigenvalue weighted by molar-refractivity contribution is 6.33. The van der Waals surface area contributed by atoms with Gasteiger partial charge in [-0.05, 0) is 44.2 Å². The van der Waals surface area contributed by atoms with Crippen LogP contribution in [0.4, 0.5) is 0 Å². The second-order valence-corrected chi connectivity index (χ2v) is 5.47. The quantitative estimate of drug-likeness (QED) is 0.875. The number of ether oxygens (including phenoxy) is 1. The molecule has 1 aliphatic carbocycles. The van der Waals surface area contributed by atoms with Crippen molar-refractivity contribution in [2.45, 2.75) is 32.2 Å². The summed E-state index contributed by atoms with van der Waals surface area (Å²) in [6.07, 6.45) is 2.55. The van der Waals surface area contributed by atoms with Gasteiger partial charge in [-0.1, -0.05) is 23.7 Å². The van der Waals surface area contributed by atoms with Crippen LogP contribution in [0.25, 0.3) is 0 Å². The lowest BCUT2D eigenvalue weighted by molar-refractivity contribution is 0.299. The average molecular weight is 240 g/mol. The summed E-state index contributed by atoms with van der Waals surface area (Å²) in [4.78, 5) is 0. The largest absolute Gasteiger partial charge is 0.492 e. The van der Waals surface area contributed by atoms with Gasteiger partial charge in [0.1, 0.15) is 5.75 Å². The van der Waals surface area contributed by atoms with Crippen LogP contribution in [0, 0.1) is 5.92 Å². The molecule has 1 aliphatic rings. The van der Waals surface area contributed by atoms with Crippen molar-refractivity contribution in [3.05, 3.63) is 28.8 Å². The maximum atomic E-state index is 6.29. The van der Waals surface area contributed by atoms with Crippen LogP contribution >= 0.6 is 11.6 Å². The molecule has 0 atom stereocenters. The molecule has 1 saturated carbocycles. The molecule has 2 nitrogen and oxygen atoms in total. The van der Waals surface area contributed by atoms with E-state index in [-0.39, 0.29) is 0 Å². The normalized spacial score (nSPS) is 16.2. The first-order valence-electron chi connectivity index (χ1n) is 5.69. The van der Waals surface area contributed by atoms with E-state index in [0.717, 1.165) is 23.8 Å². The maximum absolute atomic E-state index is 6.29. The summed E-state index contributed by atoms with van der Waals surface area (Å²) in [6.45, 7) is 4.66. The summed E-state index contributed by atoms with van der Waals surface area (Å²) >= 11 is 6.29. The molecule has 0 bridgehead atoms. The molecule has 3 heteroatoms. The molecule has 2 rings (SSSR count). The van der Waals surface area contributed by atoms with Gasteiger partial charge in [-0.15, -0.1) is 0 Å². The van der Waals surface area contributed by atoms with Gasteiger partial charge in [0, 0.05) is 5.54 Å². The Bertz CT molecular complexity index is 380. The van der Waals surface area contributed by atoms with E-state index in [1.807, 2.05) is 32.0 Å². The molecule has 0 heterocycles. The predicted molar refractivity (Wildman–Crippen MR) is 66.9 cm³/mol. The van der Waals surface area contributed by atoms with E-state index in [1.54, 1.807) is 0 Å². The van der Waals surface area contributed by atoms with Gasteiger partial charge in [0.2, 0.25) is 0 Å². The molecule has 0 unspecified atom stereocenters. The van der Waals surface area contributed by atoms with E-state index in [9.17, 15) is 0 Å². The van der Waals surface area contributed by atoms with Crippen molar-refractivity contribution in [1.29, 1.82) is 0 Å². The van der Waals surface area contributed by atoms with E-state index in [4.69, 9.17) is 22.1 Å². The van der Waals surface area contributed by atoms with E-state index in [2.05, 4.69) is 0 Å². The third-order valence-corrected chi connectivity index (χ3v) is 3.22. The summed E-state index contributed by atoms with van der Waals surface area (Å²) in [6, 6.07) is 5.80. The lowest BCUT2D eigenvalue weighted by atomic mass is 9.95. The second kappa shape index (κ2) is 4.27. The van der Waals surface area contributed by atoms with Gasteiger partial charge in [0.25, 0.3) is 0 Å². The van der Waals surface area contributed by atoms with Crippen molar-refractivity contribution in [3.63, 3.8) is 0 Å². The molecule has 1 aromatic carbocycles. The highest BCUT2D eigenvalue weighted by atomic mass is 35.5. The fraction of sp³-hybridized carbons (Fsp3) is 0.538. The molecule has 1 fully saturated rings. The van der Waals surface area contributed by atoms with Gasteiger partial charge in [-0.25, -0.2) is 0 Å². The number of hydrogen-bond donors (Lipinski definition) is 1. The van der Waals surface area contributed by atoms with Crippen molar-refractivity contribution >= 4 is 11.6 Å². The minimum absolute atomic E-state index is 0.434. The lowest BCUT2D eigenvalue weighted by Crippen LogP contribution is -2.29. The molecular weight excluding hydrogens is 222 g/mol. The molecule has 0 aliphatic heterocycles. The Kier molecular flexibility index (Phi) is 3.13. The number of rotatable bonds is 4. The van der Waals surface area contributed by atoms with Gasteiger partial charge in [0.05, 0.1) is 11.6 Å². The summed E-state index contributed by atoms with van der Waals surface area (Å²) < 4.78 is 5.71. The zero-order chi connectivity index (χ0) is 11.8. The maximum Gasteiger partial charge on any atom is 0.138 e. The number of benzene rings is 1. The zero-order valence-electron chi connectivity index (χ0n) is 9.79. The highest BCUT2D eigenvalue weighted by Gasteiger charge is 2.24. The molecule has 2 N–H and O–H groups in total. The smallest absolute Gasteiger partial charge is 0.138 e. The van der Waals surface area contributed by atoms with Gasteiger partial charge < -0.3 is 10.5 Å². The van der Waals surface area contributed by atoms with E-state index < -0.39 is 5.54 Å². The Labute approximate surface area is 102 Å². The molecule has 88 valence electrons. The third-order valence-electron chi connectivity index (χ3n) is 2.83. The van der Waals surface area contributed by atoms with Crippen LogP contribution in [0.2, 0.25) is 5.02 Å². The van der Waals surface area contributed by atoms with Crippen LogP contribution in [-0.2, 0) is 5.54 Å². The molecule has 0 saturated heterocycles. The molecule has 0 spiro atoms. The van der Waals surface area contributed by atoms with E-state index in [1.165, 1.54) is 12.8 Å². The first-order chi connectivity index (χ1) is 7.48. The van der Waals surface area contributed by atoms with Gasteiger partial charge >= 0.3 is 0 Å². The van der Waals surface area contributed by atoms with Gasteiger partial charge in [-0.3, -0.25) is 0 Å². The molecule has 0 amide bonds. The Morgan fingerprint density at radius 2 is 2.12 bits per heavy atom. The summed E-state index contributed by atoms with van der Waals surface area (Å²) in [7, 11) is 0. The van der Waals surface area contributed by atoms with Crippen molar-refractivity contribution in [1.82, 2.24) is 0 Å². The minimum Gasteiger partial charge on any atom is -0.492 e. The summed E-state index contributed by atoms with van der Waals surface area (Å²) in [5, 5.41) is 0.649. The highest BCUT2D eigenvalue weighted by Crippen LogP contribution is 2.35. The first kappa shape index (κ1) is 11.7. The first-order valence-corrected chi connectivity index (χ1v) is 6.07. The molecule has 0 radical (unpaired) electrons. The van der Waals surface area contributed by atoms with Crippen LogP contribution < -0.4 is 10.5 Å². The molecule has 16 heavy (non-hydrogen) atoms. The van der Waals surface area contributed by atoms with Crippen LogP contribution in [0.5, 0.6) is 5.75 Å². The minimum atomic E-state index is -0.434. The van der Waals surface area contributed by atoms with Crippen LogP contribution in [0.1, 0.15) is 32.3 Å². The van der Waals surface area contributed by atoms with E-state index >= 15 is 0 Å². The SMILES string of the molecule is CC(C)(N)c1cccc(OCC2CC2)c1Cl. The van der Waals surface area contributed by atoms with Crippen LogP contribution in [0.15, 0.2) is 18.2 Å². The molecule has 0 aromatic heterocycles. The third kappa shape index (κ3) is 2.69. The lowest BCUT2D eigenvalue weighted by Gasteiger charge is -2.22. The molecular formula is C13H18ClNO. The van der Waals surface area contributed by atoms with Crippen molar-refractivity contribution in [3.8, 4) is 5.75 Å². The monoisotopic (exact) mass is 239 g/mol. The van der Waals surface area contributed by atoms with Crippen molar-refractivity contribution in [2.24, 2.45) is 11.7 Å². The Morgan fingerprint density at radius 3 is 2.69 bits per heavy atom. The number of hydrogen-bond acceptors (Lipinski definition) is 2. The van der Waals surface area contributed by atoms with Crippen LogP contribution in [-0.4, -0.2) is 6.61 Å². The summed E-state index contributed by atoms with van der Waals surface area (Å²) in [5.74, 6) is 1.48. The topological polar surface area (TPSA) is 35.2 Å². The van der Waals surface area contributed by atoms with Gasteiger partial charge in [-0.2, -0.15) is 0 Å². The summed E-state index contributed by atoms with van der Waals surface area (Å²) in [5.41, 5.74) is 6.55. The fourth-order valence-corrected chi connectivity index (χ4v) is 2.04. The zero-order valence-corrected chi connectivity index (χ0v) is 10.6. The van der Waals surface area contributed by atoms with Crippen molar-refractivity contribution in [2.75, 3.05) is 6.61 Å². The van der Waals surface area contributed by atoms with Crippen molar-refractivity contribution < 1.29 is 4.74 Å². The average Bonchev–Trinajstić information content (AvgIpc) is 2.98. The standard InChI is InChI=1S/C13H18ClNO/c1-13(2,15)10-4-3-5-11(12(10)14)16-8-9-6-7-9/h3-5,9H,6-8,15H2,1-2H3. The Morgan fingerprint density at radius 1 is 1.44 bits per heavy atom. The second-order valence-electron chi connectivity index (χ2n) is 5.09. The Balaban J connectivity index is 2.17. The fourth-order valence-electron chi connectivity index (χ4n) is 1.61. The molecule has 1 aromatic rings. The van der Waals surface area contributed by atoms with Crippen LogP contribution in [0.3, 0.4) is 0 Å². The predicted octanol–water partition coefficient (Wildman–Crippen LogP) is 3.32. The number of nitrogens with two attached hydrogens (primary N) is 1.